The first kappa shape index (κ1) is 10.0. The lowest BCUT2D eigenvalue weighted by molar-refractivity contribution is 0.452. The minimum absolute atomic E-state index is 0.349. The number of hydrogen-bond donors (Lipinski definition) is 1. The Morgan fingerprint density at radius 3 is 2.85 bits per heavy atom. The van der Waals surface area contributed by atoms with Crippen LogP contribution in [0.25, 0.3) is 0 Å². The fraction of sp³-hybridized carbons (Fsp3) is 0.500. The van der Waals surface area contributed by atoms with Crippen molar-refractivity contribution in [3.05, 3.63) is 16.9 Å². The molecular formula is C8H11ClN4. The Kier molecular flexibility index (Phi) is 2.60. The average Bonchev–Trinajstić information content (AvgIpc) is 2.36. The van der Waals surface area contributed by atoms with E-state index in [2.05, 4.69) is 5.10 Å². The first-order valence-corrected chi connectivity index (χ1v) is 4.22. The summed E-state index contributed by atoms with van der Waals surface area (Å²) in [6, 6.07) is 2.00. The van der Waals surface area contributed by atoms with Gasteiger partial charge in [0, 0.05) is 0 Å². The molecule has 0 spiro atoms. The second-order valence-corrected chi connectivity index (χ2v) is 3.67. The van der Waals surface area contributed by atoms with E-state index in [1.54, 1.807) is 17.8 Å². The molecule has 4 nitrogen and oxygen atoms in total. The zero-order valence-electron chi connectivity index (χ0n) is 7.58. The summed E-state index contributed by atoms with van der Waals surface area (Å²) in [5, 5.41) is 13.3. The Balaban J connectivity index is 2.88. The van der Waals surface area contributed by atoms with Gasteiger partial charge < -0.3 is 5.73 Å². The van der Waals surface area contributed by atoms with Crippen LogP contribution in [-0.4, -0.2) is 15.3 Å². The molecule has 1 atom stereocenters. The van der Waals surface area contributed by atoms with E-state index in [1.165, 1.54) is 0 Å². The van der Waals surface area contributed by atoms with Crippen molar-refractivity contribution in [2.45, 2.75) is 25.9 Å². The van der Waals surface area contributed by atoms with Gasteiger partial charge in [-0.3, -0.25) is 4.68 Å². The highest BCUT2D eigenvalue weighted by molar-refractivity contribution is 6.31. The molecule has 0 aliphatic rings. The molecule has 1 rings (SSSR count). The monoisotopic (exact) mass is 198 g/mol. The maximum atomic E-state index is 8.70. The lowest BCUT2D eigenvalue weighted by atomic mass is 10.1. The maximum Gasteiger partial charge on any atom is 0.121 e. The first-order chi connectivity index (χ1) is 5.96. The maximum absolute atomic E-state index is 8.70. The van der Waals surface area contributed by atoms with E-state index in [9.17, 15) is 0 Å². The SMILES string of the molecule is Cc1c(Cl)cnn1CC(C)(N)C#N. The van der Waals surface area contributed by atoms with E-state index in [4.69, 9.17) is 22.6 Å². The summed E-state index contributed by atoms with van der Waals surface area (Å²) in [6.07, 6.45) is 1.55. The van der Waals surface area contributed by atoms with Crippen LogP contribution in [0.4, 0.5) is 0 Å². The number of nitrogens with zero attached hydrogens (tertiary/aromatic N) is 3. The van der Waals surface area contributed by atoms with Crippen molar-refractivity contribution in [2.24, 2.45) is 5.73 Å². The summed E-state index contributed by atoms with van der Waals surface area (Å²) in [5.74, 6) is 0. The molecule has 0 amide bonds. The van der Waals surface area contributed by atoms with Crippen molar-refractivity contribution >= 4 is 11.6 Å². The van der Waals surface area contributed by atoms with E-state index >= 15 is 0 Å². The molecule has 0 fully saturated rings. The van der Waals surface area contributed by atoms with Gasteiger partial charge in [0.25, 0.3) is 0 Å². The third-order valence-corrected chi connectivity index (χ3v) is 2.15. The largest absolute Gasteiger partial charge is 0.312 e. The topological polar surface area (TPSA) is 67.6 Å². The fourth-order valence-corrected chi connectivity index (χ4v) is 1.07. The molecule has 0 bridgehead atoms. The minimum atomic E-state index is -0.903. The summed E-state index contributed by atoms with van der Waals surface area (Å²) < 4.78 is 1.63. The number of rotatable bonds is 2. The molecule has 2 N–H and O–H groups in total. The zero-order valence-corrected chi connectivity index (χ0v) is 8.34. The molecule has 5 heteroatoms. The smallest absolute Gasteiger partial charge is 0.121 e. The number of halogens is 1. The molecule has 1 aromatic rings. The molecule has 0 radical (unpaired) electrons. The number of nitriles is 1. The van der Waals surface area contributed by atoms with E-state index in [1.807, 2.05) is 13.0 Å². The van der Waals surface area contributed by atoms with Gasteiger partial charge in [0.15, 0.2) is 0 Å². The lowest BCUT2D eigenvalue weighted by Crippen LogP contribution is -2.39. The quantitative estimate of drug-likeness (QED) is 0.774. The highest BCUT2D eigenvalue weighted by Gasteiger charge is 2.19. The van der Waals surface area contributed by atoms with E-state index in [0.29, 0.717) is 11.6 Å². The molecule has 0 aliphatic heterocycles. The van der Waals surface area contributed by atoms with Crippen LogP contribution in [0, 0.1) is 18.3 Å². The molecule has 0 aromatic carbocycles. The Hall–Kier alpha value is -1.05. The number of aromatic nitrogens is 2. The first-order valence-electron chi connectivity index (χ1n) is 3.84. The van der Waals surface area contributed by atoms with Crippen molar-refractivity contribution in [3.63, 3.8) is 0 Å². The molecule has 0 saturated carbocycles. The van der Waals surface area contributed by atoms with Gasteiger partial charge in [-0.2, -0.15) is 10.4 Å². The minimum Gasteiger partial charge on any atom is -0.312 e. The molecule has 13 heavy (non-hydrogen) atoms. The van der Waals surface area contributed by atoms with Gasteiger partial charge in [0.2, 0.25) is 0 Å². The summed E-state index contributed by atoms with van der Waals surface area (Å²) in [5.41, 5.74) is 5.59. The Bertz CT molecular complexity index is 348. The van der Waals surface area contributed by atoms with Crippen molar-refractivity contribution in [1.29, 1.82) is 5.26 Å². The predicted molar refractivity (Wildman–Crippen MR) is 50.2 cm³/mol. The van der Waals surface area contributed by atoms with Crippen LogP contribution in [0.5, 0.6) is 0 Å². The van der Waals surface area contributed by atoms with E-state index < -0.39 is 5.54 Å². The second kappa shape index (κ2) is 3.36. The predicted octanol–water partition coefficient (Wildman–Crippen LogP) is 1.09. The van der Waals surface area contributed by atoms with Crippen molar-refractivity contribution in [3.8, 4) is 6.07 Å². The average molecular weight is 199 g/mol. The Morgan fingerprint density at radius 2 is 2.46 bits per heavy atom. The van der Waals surface area contributed by atoms with Gasteiger partial charge in [-0.25, -0.2) is 0 Å². The van der Waals surface area contributed by atoms with Crippen LogP contribution in [0.3, 0.4) is 0 Å². The fourth-order valence-electron chi connectivity index (χ4n) is 0.930. The Labute approximate surface area is 81.9 Å². The van der Waals surface area contributed by atoms with Crippen LogP contribution in [-0.2, 0) is 6.54 Å². The molecule has 1 aromatic heterocycles. The van der Waals surface area contributed by atoms with Crippen LogP contribution >= 0.6 is 11.6 Å². The van der Waals surface area contributed by atoms with Gasteiger partial charge >= 0.3 is 0 Å². The van der Waals surface area contributed by atoms with Crippen LogP contribution < -0.4 is 5.73 Å². The third kappa shape index (κ3) is 2.20. The van der Waals surface area contributed by atoms with Crippen molar-refractivity contribution < 1.29 is 0 Å². The molecular weight excluding hydrogens is 188 g/mol. The van der Waals surface area contributed by atoms with E-state index in [0.717, 1.165) is 5.69 Å². The highest BCUT2D eigenvalue weighted by atomic mass is 35.5. The van der Waals surface area contributed by atoms with Gasteiger partial charge in [-0.1, -0.05) is 11.6 Å². The molecule has 1 unspecified atom stereocenters. The highest BCUT2D eigenvalue weighted by Crippen LogP contribution is 2.14. The van der Waals surface area contributed by atoms with Gasteiger partial charge in [0.1, 0.15) is 5.54 Å². The standard InChI is InChI=1S/C8H11ClN4/c1-6-7(9)3-12-13(6)5-8(2,11)4-10/h3H,5,11H2,1-2H3. The molecule has 70 valence electrons. The van der Waals surface area contributed by atoms with Crippen LogP contribution in [0.2, 0.25) is 5.02 Å². The Morgan fingerprint density at radius 1 is 1.85 bits per heavy atom. The van der Waals surface area contributed by atoms with E-state index in [-0.39, 0.29) is 0 Å². The third-order valence-electron chi connectivity index (χ3n) is 1.78. The van der Waals surface area contributed by atoms with Gasteiger partial charge in [0.05, 0.1) is 29.5 Å². The van der Waals surface area contributed by atoms with Crippen LogP contribution in [0.1, 0.15) is 12.6 Å². The van der Waals surface area contributed by atoms with Gasteiger partial charge in [-0.05, 0) is 13.8 Å². The summed E-state index contributed by atoms with van der Waals surface area (Å²) >= 11 is 5.79. The number of hydrogen-bond acceptors (Lipinski definition) is 3. The summed E-state index contributed by atoms with van der Waals surface area (Å²) in [4.78, 5) is 0. The summed E-state index contributed by atoms with van der Waals surface area (Å²) in [6.45, 7) is 3.84. The zero-order chi connectivity index (χ0) is 10.1. The molecule has 0 saturated heterocycles. The summed E-state index contributed by atoms with van der Waals surface area (Å²) in [7, 11) is 0. The number of nitrogens with two attached hydrogens (primary N) is 1. The molecule has 0 aliphatic carbocycles. The van der Waals surface area contributed by atoms with Gasteiger partial charge in [-0.15, -0.1) is 0 Å². The molecule has 1 heterocycles. The van der Waals surface area contributed by atoms with Crippen molar-refractivity contribution in [1.82, 2.24) is 9.78 Å². The van der Waals surface area contributed by atoms with Crippen LogP contribution in [0.15, 0.2) is 6.20 Å². The normalized spacial score (nSPS) is 15.0. The lowest BCUT2D eigenvalue weighted by Gasteiger charge is -2.15. The second-order valence-electron chi connectivity index (χ2n) is 3.26. The van der Waals surface area contributed by atoms with Crippen molar-refractivity contribution in [2.75, 3.05) is 0 Å².